The molecule has 0 aliphatic rings. The Kier molecular flexibility index (Phi) is 5.54. The van der Waals surface area contributed by atoms with Gasteiger partial charge in [-0.3, -0.25) is 4.79 Å². The molecule has 0 bridgehead atoms. The van der Waals surface area contributed by atoms with Gasteiger partial charge in [0, 0.05) is 11.3 Å². The van der Waals surface area contributed by atoms with Crippen LogP contribution in [0.3, 0.4) is 0 Å². The fourth-order valence-corrected chi connectivity index (χ4v) is 2.46. The second-order valence-electron chi connectivity index (χ2n) is 3.68. The molecule has 1 aromatic rings. The number of benzene rings is 1. The van der Waals surface area contributed by atoms with Crippen molar-refractivity contribution < 1.29 is 31.1 Å². The molecule has 112 valence electrons. The van der Waals surface area contributed by atoms with E-state index in [1.165, 1.54) is 0 Å². The van der Waals surface area contributed by atoms with Crippen molar-refractivity contribution in [3.8, 4) is 0 Å². The number of carbonyl (C=O) groups excluding carboxylic acids is 1. The van der Waals surface area contributed by atoms with Crippen molar-refractivity contribution >= 4 is 33.5 Å². The molecule has 0 atom stereocenters. The monoisotopic (exact) mass is 380 g/mol. The largest absolute Gasteiger partial charge is 0.446 e. The number of carbonyl (C=O) groups is 1. The van der Waals surface area contributed by atoms with Gasteiger partial charge >= 0.3 is 11.7 Å². The van der Waals surface area contributed by atoms with Crippen molar-refractivity contribution in [3.05, 3.63) is 29.3 Å². The van der Waals surface area contributed by atoms with Gasteiger partial charge in [0.15, 0.2) is 0 Å². The second-order valence-corrected chi connectivity index (χ2v) is 5.35. The van der Waals surface area contributed by atoms with E-state index in [2.05, 4.69) is 15.9 Å². The standard InChI is InChI=1S/C11H7BrF6OS/c12-5-7(19)4-6-2-1-3-8(20-11(16,17)18)9(6)10(13,14)15/h1-3H,4-5H2. The second kappa shape index (κ2) is 6.38. The van der Waals surface area contributed by atoms with Crippen LogP contribution in [0.5, 0.6) is 0 Å². The van der Waals surface area contributed by atoms with Gasteiger partial charge < -0.3 is 0 Å². The van der Waals surface area contributed by atoms with Gasteiger partial charge in [0.05, 0.1) is 10.9 Å². The summed E-state index contributed by atoms with van der Waals surface area (Å²) >= 11 is 1.96. The highest BCUT2D eigenvalue weighted by atomic mass is 79.9. The van der Waals surface area contributed by atoms with Gasteiger partial charge in [-0.15, -0.1) is 0 Å². The van der Waals surface area contributed by atoms with Crippen molar-refractivity contribution in [2.45, 2.75) is 23.0 Å². The Balaban J connectivity index is 3.31. The Bertz CT molecular complexity index is 497. The molecule has 1 aromatic carbocycles. The van der Waals surface area contributed by atoms with E-state index in [1.807, 2.05) is 0 Å². The Hall–Kier alpha value is -0.700. The quantitative estimate of drug-likeness (QED) is 0.423. The van der Waals surface area contributed by atoms with Gasteiger partial charge in [-0.05, 0) is 23.4 Å². The van der Waals surface area contributed by atoms with Crippen molar-refractivity contribution in [3.63, 3.8) is 0 Å². The van der Waals surface area contributed by atoms with Gasteiger partial charge in [-0.25, -0.2) is 0 Å². The summed E-state index contributed by atoms with van der Waals surface area (Å²) in [6, 6.07) is 2.81. The molecule has 1 nitrogen and oxygen atoms in total. The molecule has 20 heavy (non-hydrogen) atoms. The van der Waals surface area contributed by atoms with E-state index in [-0.39, 0.29) is 5.33 Å². The van der Waals surface area contributed by atoms with Crippen LogP contribution >= 0.6 is 27.7 Å². The fraction of sp³-hybridized carbons (Fsp3) is 0.364. The average Bonchev–Trinajstić information content (AvgIpc) is 2.25. The maximum Gasteiger partial charge on any atom is 0.446 e. The van der Waals surface area contributed by atoms with Gasteiger partial charge in [0.2, 0.25) is 0 Å². The molecule has 9 heteroatoms. The lowest BCUT2D eigenvalue weighted by Crippen LogP contribution is -2.15. The van der Waals surface area contributed by atoms with Crippen LogP contribution < -0.4 is 0 Å². The highest BCUT2D eigenvalue weighted by Crippen LogP contribution is 2.45. The van der Waals surface area contributed by atoms with E-state index >= 15 is 0 Å². The smallest absolute Gasteiger partial charge is 0.298 e. The number of hydrogen-bond donors (Lipinski definition) is 0. The summed E-state index contributed by atoms with van der Waals surface area (Å²) in [6.07, 6.45) is -5.54. The number of alkyl halides is 7. The minimum Gasteiger partial charge on any atom is -0.298 e. The zero-order valence-corrected chi connectivity index (χ0v) is 12.0. The highest BCUT2D eigenvalue weighted by Gasteiger charge is 2.40. The normalized spacial score (nSPS) is 12.6. The molecular weight excluding hydrogens is 374 g/mol. The maximum atomic E-state index is 12.9. The summed E-state index contributed by atoms with van der Waals surface area (Å²) in [6.45, 7) is 0. The predicted octanol–water partition coefficient (Wildman–Crippen LogP) is 4.82. The molecular formula is C11H7BrF6OS. The third-order valence-electron chi connectivity index (χ3n) is 2.16. The van der Waals surface area contributed by atoms with Gasteiger partial charge in [-0.1, -0.05) is 28.1 Å². The lowest BCUT2D eigenvalue weighted by molar-refractivity contribution is -0.140. The summed E-state index contributed by atoms with van der Waals surface area (Å²) < 4.78 is 75.7. The van der Waals surface area contributed by atoms with Crippen LogP contribution in [0.25, 0.3) is 0 Å². The third kappa shape index (κ3) is 5.01. The zero-order valence-electron chi connectivity index (χ0n) is 9.61. The number of thioether (sulfide) groups is 1. The molecule has 0 heterocycles. The van der Waals surface area contributed by atoms with E-state index in [0.29, 0.717) is 0 Å². The molecule has 0 fully saturated rings. The van der Waals surface area contributed by atoms with Gasteiger partial charge in [0.1, 0.15) is 5.78 Å². The van der Waals surface area contributed by atoms with E-state index < -0.39 is 51.7 Å². The van der Waals surface area contributed by atoms with Gasteiger partial charge in [0.25, 0.3) is 0 Å². The first-order valence-corrected chi connectivity index (χ1v) is 7.01. The molecule has 0 aliphatic heterocycles. The van der Waals surface area contributed by atoms with Crippen LogP contribution in [0.15, 0.2) is 23.1 Å². The van der Waals surface area contributed by atoms with E-state index in [4.69, 9.17) is 0 Å². The first-order valence-electron chi connectivity index (χ1n) is 5.07. The molecule has 0 saturated heterocycles. The molecule has 0 N–H and O–H groups in total. The predicted molar refractivity (Wildman–Crippen MR) is 65.9 cm³/mol. The highest BCUT2D eigenvalue weighted by molar-refractivity contribution is 9.09. The number of rotatable bonds is 4. The Morgan fingerprint density at radius 2 is 1.75 bits per heavy atom. The Morgan fingerprint density at radius 3 is 2.20 bits per heavy atom. The van der Waals surface area contributed by atoms with E-state index in [1.54, 1.807) is 0 Å². The average molecular weight is 381 g/mol. The van der Waals surface area contributed by atoms with E-state index in [0.717, 1.165) is 18.2 Å². The maximum absolute atomic E-state index is 12.9. The molecule has 0 radical (unpaired) electrons. The van der Waals surface area contributed by atoms with E-state index in [9.17, 15) is 31.1 Å². The van der Waals surface area contributed by atoms with Crippen LogP contribution in [-0.2, 0) is 17.4 Å². The summed E-state index contributed by atoms with van der Waals surface area (Å²) in [5.74, 6) is -0.551. The molecule has 0 aromatic heterocycles. The van der Waals surface area contributed by atoms with Crippen LogP contribution in [0, 0.1) is 0 Å². The van der Waals surface area contributed by atoms with Crippen LogP contribution in [0.4, 0.5) is 26.3 Å². The lowest BCUT2D eigenvalue weighted by atomic mass is 10.0. The summed E-state index contributed by atoms with van der Waals surface area (Å²) in [7, 11) is 0. The Labute approximate surface area is 122 Å². The zero-order chi connectivity index (χ0) is 15.6. The molecule has 0 saturated carbocycles. The van der Waals surface area contributed by atoms with Crippen LogP contribution in [-0.4, -0.2) is 16.6 Å². The summed E-state index contributed by atoms with van der Waals surface area (Å²) in [4.78, 5) is 10.3. The third-order valence-corrected chi connectivity index (χ3v) is 3.58. The first-order chi connectivity index (χ1) is 9.04. The molecule has 1 rings (SSSR count). The summed E-state index contributed by atoms with van der Waals surface area (Å²) in [5.41, 5.74) is -6.70. The molecule has 0 unspecified atom stereocenters. The summed E-state index contributed by atoms with van der Waals surface area (Å²) in [5, 5.41) is -0.166. The SMILES string of the molecule is O=C(CBr)Cc1cccc(SC(F)(F)F)c1C(F)(F)F. The van der Waals surface area contributed by atoms with Crippen LogP contribution in [0.1, 0.15) is 11.1 Å². The number of halogens is 7. The lowest BCUT2D eigenvalue weighted by Gasteiger charge is -2.17. The molecule has 0 spiro atoms. The number of hydrogen-bond acceptors (Lipinski definition) is 2. The van der Waals surface area contributed by atoms with Crippen molar-refractivity contribution in [2.75, 3.05) is 5.33 Å². The van der Waals surface area contributed by atoms with Crippen molar-refractivity contribution in [2.24, 2.45) is 0 Å². The Morgan fingerprint density at radius 1 is 1.15 bits per heavy atom. The minimum atomic E-state index is -4.96. The number of Topliss-reactive ketones (excluding diaryl/α,β-unsaturated/α-hetero) is 1. The van der Waals surface area contributed by atoms with Crippen molar-refractivity contribution in [1.82, 2.24) is 0 Å². The topological polar surface area (TPSA) is 17.1 Å². The first kappa shape index (κ1) is 17.4. The minimum absolute atomic E-state index is 0.166. The van der Waals surface area contributed by atoms with Crippen LogP contribution in [0.2, 0.25) is 0 Å². The molecule has 0 amide bonds. The van der Waals surface area contributed by atoms with Crippen molar-refractivity contribution in [1.29, 1.82) is 0 Å². The fourth-order valence-electron chi connectivity index (χ4n) is 1.52. The number of ketones is 1. The molecule has 0 aliphatic carbocycles. The van der Waals surface area contributed by atoms with Gasteiger partial charge in [-0.2, -0.15) is 26.3 Å².